The number of ether oxygens (including phenoxy) is 2. The summed E-state index contributed by atoms with van der Waals surface area (Å²) in [6, 6.07) is 15.1. The molecule has 0 radical (unpaired) electrons. The Hall–Kier alpha value is -2.86. The maximum atomic E-state index is 12.1. The smallest absolute Gasteiger partial charge is 0.271 e. The van der Waals surface area contributed by atoms with Crippen molar-refractivity contribution in [1.29, 1.82) is 0 Å². The SMILES string of the molecule is CC(C)Oc1ccc(C(=O)N/N=C\c2ccc(N3CCOCC3)cc2)cc1. The van der Waals surface area contributed by atoms with Gasteiger partial charge in [-0.2, -0.15) is 5.10 Å². The molecule has 1 amide bonds. The molecular weight excluding hydrogens is 342 g/mol. The van der Waals surface area contributed by atoms with Crippen LogP contribution in [-0.2, 0) is 4.74 Å². The van der Waals surface area contributed by atoms with Gasteiger partial charge in [0.1, 0.15) is 5.75 Å². The Labute approximate surface area is 159 Å². The predicted molar refractivity (Wildman–Crippen MR) is 107 cm³/mol. The van der Waals surface area contributed by atoms with Gasteiger partial charge in [-0.1, -0.05) is 12.1 Å². The van der Waals surface area contributed by atoms with E-state index < -0.39 is 0 Å². The van der Waals surface area contributed by atoms with Gasteiger partial charge in [0, 0.05) is 24.3 Å². The lowest BCUT2D eigenvalue weighted by molar-refractivity contribution is 0.0955. The van der Waals surface area contributed by atoms with Gasteiger partial charge in [0.05, 0.1) is 25.5 Å². The van der Waals surface area contributed by atoms with Gasteiger partial charge in [0.25, 0.3) is 5.91 Å². The topological polar surface area (TPSA) is 63.2 Å². The molecule has 6 heteroatoms. The summed E-state index contributed by atoms with van der Waals surface area (Å²) in [7, 11) is 0. The molecule has 0 aromatic heterocycles. The number of morpholine rings is 1. The molecule has 0 unspecified atom stereocenters. The van der Waals surface area contributed by atoms with Crippen molar-refractivity contribution in [2.24, 2.45) is 5.10 Å². The van der Waals surface area contributed by atoms with Crippen LogP contribution in [0.5, 0.6) is 5.75 Å². The maximum absolute atomic E-state index is 12.1. The first-order valence-corrected chi connectivity index (χ1v) is 9.15. The molecule has 1 aliphatic rings. The van der Waals surface area contributed by atoms with E-state index in [2.05, 4.69) is 27.6 Å². The third-order valence-electron chi connectivity index (χ3n) is 4.14. The van der Waals surface area contributed by atoms with Crippen LogP contribution in [-0.4, -0.2) is 44.5 Å². The number of amides is 1. The quantitative estimate of drug-likeness (QED) is 0.630. The van der Waals surface area contributed by atoms with Crippen LogP contribution in [0.25, 0.3) is 0 Å². The van der Waals surface area contributed by atoms with Gasteiger partial charge in [-0.3, -0.25) is 4.79 Å². The van der Waals surface area contributed by atoms with E-state index >= 15 is 0 Å². The van der Waals surface area contributed by atoms with Crippen LogP contribution in [0.3, 0.4) is 0 Å². The van der Waals surface area contributed by atoms with Gasteiger partial charge in [0.15, 0.2) is 0 Å². The first kappa shape index (κ1) is 18.9. The first-order chi connectivity index (χ1) is 13.1. The van der Waals surface area contributed by atoms with E-state index in [1.54, 1.807) is 30.5 Å². The monoisotopic (exact) mass is 367 g/mol. The number of nitrogens with one attached hydrogen (secondary N) is 1. The highest BCUT2D eigenvalue weighted by atomic mass is 16.5. The molecule has 27 heavy (non-hydrogen) atoms. The molecule has 142 valence electrons. The summed E-state index contributed by atoms with van der Waals surface area (Å²) in [6.45, 7) is 7.26. The number of carbonyl (C=O) groups is 1. The van der Waals surface area contributed by atoms with Gasteiger partial charge in [0.2, 0.25) is 0 Å². The predicted octanol–water partition coefficient (Wildman–Crippen LogP) is 3.07. The Morgan fingerprint density at radius 2 is 1.78 bits per heavy atom. The Bertz CT molecular complexity index is 764. The number of rotatable bonds is 6. The summed E-state index contributed by atoms with van der Waals surface area (Å²) in [6.07, 6.45) is 1.74. The van der Waals surface area contributed by atoms with E-state index in [9.17, 15) is 4.79 Å². The van der Waals surface area contributed by atoms with Crippen molar-refractivity contribution in [3.8, 4) is 5.75 Å². The highest BCUT2D eigenvalue weighted by Crippen LogP contribution is 2.16. The van der Waals surface area contributed by atoms with Crippen LogP contribution in [0.2, 0.25) is 0 Å². The number of anilines is 1. The minimum Gasteiger partial charge on any atom is -0.491 e. The number of hydrazone groups is 1. The van der Waals surface area contributed by atoms with Crippen molar-refractivity contribution in [1.82, 2.24) is 5.43 Å². The number of hydrogen-bond acceptors (Lipinski definition) is 5. The second-order valence-corrected chi connectivity index (χ2v) is 6.58. The second kappa shape index (κ2) is 9.19. The molecule has 1 aliphatic heterocycles. The lowest BCUT2D eigenvalue weighted by Crippen LogP contribution is -2.36. The van der Waals surface area contributed by atoms with Crippen molar-refractivity contribution < 1.29 is 14.3 Å². The Kier molecular flexibility index (Phi) is 6.44. The van der Waals surface area contributed by atoms with Crippen molar-refractivity contribution in [3.05, 3.63) is 59.7 Å². The van der Waals surface area contributed by atoms with Crippen molar-refractivity contribution in [2.75, 3.05) is 31.2 Å². The molecule has 1 heterocycles. The molecule has 0 spiro atoms. The molecule has 0 atom stereocenters. The van der Waals surface area contributed by atoms with E-state index in [0.717, 1.165) is 37.6 Å². The second-order valence-electron chi connectivity index (χ2n) is 6.58. The highest BCUT2D eigenvalue weighted by molar-refractivity contribution is 5.95. The normalized spacial score (nSPS) is 14.6. The first-order valence-electron chi connectivity index (χ1n) is 9.15. The summed E-state index contributed by atoms with van der Waals surface area (Å²) in [5, 5.41) is 4.04. The molecule has 2 aromatic rings. The zero-order valence-electron chi connectivity index (χ0n) is 15.7. The summed E-state index contributed by atoms with van der Waals surface area (Å²) in [5.41, 5.74) is 5.18. The van der Waals surface area contributed by atoms with Gasteiger partial charge in [-0.15, -0.1) is 0 Å². The molecular formula is C21H25N3O3. The largest absolute Gasteiger partial charge is 0.491 e. The van der Waals surface area contributed by atoms with Crippen LogP contribution >= 0.6 is 0 Å². The minimum atomic E-state index is -0.257. The Morgan fingerprint density at radius 1 is 1.11 bits per heavy atom. The van der Waals surface area contributed by atoms with Crippen LogP contribution < -0.4 is 15.1 Å². The molecule has 6 nitrogen and oxygen atoms in total. The Morgan fingerprint density at radius 3 is 2.41 bits per heavy atom. The van der Waals surface area contributed by atoms with E-state index in [4.69, 9.17) is 9.47 Å². The number of carbonyl (C=O) groups excluding carboxylic acids is 1. The van der Waals surface area contributed by atoms with E-state index in [1.807, 2.05) is 26.0 Å². The standard InChI is InChI=1S/C21H25N3O3/c1-16(2)27-20-9-5-18(6-10-20)21(25)23-22-15-17-3-7-19(8-4-17)24-11-13-26-14-12-24/h3-10,15-16H,11-14H2,1-2H3,(H,23,25)/b22-15-. The van der Waals surface area contributed by atoms with Gasteiger partial charge >= 0.3 is 0 Å². The fraction of sp³-hybridized carbons (Fsp3) is 0.333. The average Bonchev–Trinajstić information content (AvgIpc) is 2.69. The third kappa shape index (κ3) is 5.56. The molecule has 3 rings (SSSR count). The molecule has 1 N–H and O–H groups in total. The highest BCUT2D eigenvalue weighted by Gasteiger charge is 2.10. The fourth-order valence-electron chi connectivity index (χ4n) is 2.78. The molecule has 0 aliphatic carbocycles. The van der Waals surface area contributed by atoms with E-state index in [0.29, 0.717) is 5.56 Å². The van der Waals surface area contributed by atoms with Crippen LogP contribution in [0.1, 0.15) is 29.8 Å². The van der Waals surface area contributed by atoms with Crippen molar-refractivity contribution in [3.63, 3.8) is 0 Å². The number of benzene rings is 2. The minimum absolute atomic E-state index is 0.101. The Balaban J connectivity index is 1.52. The molecule has 1 saturated heterocycles. The summed E-state index contributed by atoms with van der Waals surface area (Å²) < 4.78 is 10.9. The van der Waals surface area contributed by atoms with E-state index in [1.165, 1.54) is 5.69 Å². The van der Waals surface area contributed by atoms with Gasteiger partial charge in [-0.25, -0.2) is 5.43 Å². The number of nitrogens with zero attached hydrogens (tertiary/aromatic N) is 2. The average molecular weight is 367 g/mol. The van der Waals surface area contributed by atoms with Crippen molar-refractivity contribution in [2.45, 2.75) is 20.0 Å². The van der Waals surface area contributed by atoms with Crippen LogP contribution in [0.4, 0.5) is 5.69 Å². The zero-order valence-corrected chi connectivity index (χ0v) is 15.7. The fourth-order valence-corrected chi connectivity index (χ4v) is 2.78. The summed E-state index contributed by atoms with van der Waals surface area (Å²) >= 11 is 0. The maximum Gasteiger partial charge on any atom is 0.271 e. The zero-order chi connectivity index (χ0) is 19.1. The molecule has 0 bridgehead atoms. The van der Waals surface area contributed by atoms with Gasteiger partial charge < -0.3 is 14.4 Å². The summed E-state index contributed by atoms with van der Waals surface area (Å²) in [4.78, 5) is 14.4. The lowest BCUT2D eigenvalue weighted by Gasteiger charge is -2.28. The van der Waals surface area contributed by atoms with E-state index in [-0.39, 0.29) is 12.0 Å². The lowest BCUT2D eigenvalue weighted by atomic mass is 10.2. The van der Waals surface area contributed by atoms with Gasteiger partial charge in [-0.05, 0) is 55.8 Å². The molecule has 0 saturated carbocycles. The van der Waals surface area contributed by atoms with Crippen LogP contribution in [0, 0.1) is 0 Å². The van der Waals surface area contributed by atoms with Crippen LogP contribution in [0.15, 0.2) is 53.6 Å². The third-order valence-corrected chi connectivity index (χ3v) is 4.14. The summed E-state index contributed by atoms with van der Waals surface area (Å²) in [5.74, 6) is 0.484. The molecule has 2 aromatic carbocycles. The molecule has 1 fully saturated rings. The van der Waals surface area contributed by atoms with Crippen molar-refractivity contribution >= 4 is 17.8 Å². The number of hydrogen-bond donors (Lipinski definition) is 1.